The van der Waals surface area contributed by atoms with Crippen LogP contribution in [-0.2, 0) is 17.8 Å². The Hall–Kier alpha value is -2.07. The summed E-state index contributed by atoms with van der Waals surface area (Å²) in [5, 5.41) is 0. The lowest BCUT2D eigenvalue weighted by molar-refractivity contribution is -0.132. The highest BCUT2D eigenvalue weighted by Gasteiger charge is 2.24. The van der Waals surface area contributed by atoms with Gasteiger partial charge >= 0.3 is 0 Å². The summed E-state index contributed by atoms with van der Waals surface area (Å²) in [6, 6.07) is 12.0. The zero-order valence-corrected chi connectivity index (χ0v) is 12.2. The number of furan rings is 1. The molecule has 4 heteroatoms. The Morgan fingerprint density at radius 3 is 2.86 bits per heavy atom. The van der Waals surface area contributed by atoms with Crippen LogP contribution in [0.15, 0.2) is 40.8 Å². The summed E-state index contributed by atoms with van der Waals surface area (Å²) in [6.07, 6.45) is 1.23. The van der Waals surface area contributed by atoms with Crippen LogP contribution < -0.4 is 5.73 Å². The van der Waals surface area contributed by atoms with Crippen LogP contribution in [0.1, 0.15) is 24.7 Å². The van der Waals surface area contributed by atoms with E-state index >= 15 is 0 Å². The molecule has 0 saturated heterocycles. The van der Waals surface area contributed by atoms with Gasteiger partial charge in [0, 0.05) is 24.6 Å². The van der Waals surface area contributed by atoms with Crippen molar-refractivity contribution in [1.29, 1.82) is 0 Å². The zero-order chi connectivity index (χ0) is 14.8. The first-order valence-electron chi connectivity index (χ1n) is 7.34. The molecule has 3 rings (SSSR count). The maximum atomic E-state index is 12.1. The summed E-state index contributed by atoms with van der Waals surface area (Å²) in [5.41, 5.74) is 7.98. The molecule has 0 fully saturated rings. The first kappa shape index (κ1) is 13.9. The maximum absolute atomic E-state index is 12.1. The van der Waals surface area contributed by atoms with Crippen LogP contribution in [0, 0.1) is 0 Å². The van der Waals surface area contributed by atoms with Gasteiger partial charge in [0.2, 0.25) is 5.91 Å². The van der Waals surface area contributed by atoms with Crippen LogP contribution in [0.4, 0.5) is 0 Å². The molecule has 0 saturated carbocycles. The fourth-order valence-electron chi connectivity index (χ4n) is 2.68. The van der Waals surface area contributed by atoms with E-state index in [9.17, 15) is 4.79 Å². The van der Waals surface area contributed by atoms with Gasteiger partial charge in [0.25, 0.3) is 0 Å². The Labute approximate surface area is 124 Å². The highest BCUT2D eigenvalue weighted by molar-refractivity contribution is 5.77. The molecule has 1 aliphatic rings. The second kappa shape index (κ2) is 5.74. The Morgan fingerprint density at radius 2 is 2.14 bits per heavy atom. The number of benzene rings is 1. The molecule has 0 radical (unpaired) electrons. The molecule has 1 aliphatic heterocycles. The third-order valence-electron chi connectivity index (χ3n) is 3.79. The van der Waals surface area contributed by atoms with Gasteiger partial charge in [-0.05, 0) is 25.0 Å². The largest absolute Gasteiger partial charge is 0.459 e. The summed E-state index contributed by atoms with van der Waals surface area (Å²) in [4.78, 5) is 13.9. The lowest BCUT2D eigenvalue weighted by atomic mass is 10.1. The number of nitrogens with zero attached hydrogens (tertiary/aromatic N) is 1. The minimum atomic E-state index is -0.102. The summed E-state index contributed by atoms with van der Waals surface area (Å²) >= 11 is 0. The van der Waals surface area contributed by atoms with E-state index in [1.807, 2.05) is 42.2 Å². The van der Waals surface area contributed by atoms with E-state index < -0.39 is 0 Å². The first-order chi connectivity index (χ1) is 10.1. The standard InChI is InChI=1S/C17H20N2O2/c1-12(18)9-17(20)19-8-7-14-10-15(21-16(14)11-19)13-5-3-2-4-6-13/h2-6,10,12H,7-9,11,18H2,1H3. The number of carbonyl (C=O) groups is 1. The van der Waals surface area contributed by atoms with Gasteiger partial charge in [-0.3, -0.25) is 4.79 Å². The van der Waals surface area contributed by atoms with E-state index in [1.54, 1.807) is 0 Å². The third kappa shape index (κ3) is 3.00. The van der Waals surface area contributed by atoms with Crippen molar-refractivity contribution in [1.82, 2.24) is 4.90 Å². The number of fused-ring (bicyclic) bond motifs is 1. The molecule has 1 amide bonds. The average molecular weight is 284 g/mol. The molecule has 2 heterocycles. The molecular formula is C17H20N2O2. The van der Waals surface area contributed by atoms with Crippen LogP contribution in [-0.4, -0.2) is 23.4 Å². The van der Waals surface area contributed by atoms with Gasteiger partial charge in [-0.15, -0.1) is 0 Å². The summed E-state index contributed by atoms with van der Waals surface area (Å²) < 4.78 is 5.95. The van der Waals surface area contributed by atoms with Crippen molar-refractivity contribution >= 4 is 5.91 Å². The minimum Gasteiger partial charge on any atom is -0.459 e. The molecule has 1 aromatic heterocycles. The average Bonchev–Trinajstić information content (AvgIpc) is 2.90. The van der Waals surface area contributed by atoms with Crippen molar-refractivity contribution in [3.63, 3.8) is 0 Å². The molecule has 1 aromatic carbocycles. The lowest BCUT2D eigenvalue weighted by Gasteiger charge is -2.26. The van der Waals surface area contributed by atoms with E-state index in [-0.39, 0.29) is 11.9 Å². The van der Waals surface area contributed by atoms with E-state index in [1.165, 1.54) is 5.56 Å². The number of carbonyl (C=O) groups excluding carboxylic acids is 1. The first-order valence-corrected chi connectivity index (χ1v) is 7.34. The highest BCUT2D eigenvalue weighted by atomic mass is 16.3. The fourth-order valence-corrected chi connectivity index (χ4v) is 2.68. The van der Waals surface area contributed by atoms with Gasteiger partial charge in [0.05, 0.1) is 6.54 Å². The molecular weight excluding hydrogens is 264 g/mol. The predicted octanol–water partition coefficient (Wildman–Crippen LogP) is 2.57. The SMILES string of the molecule is CC(N)CC(=O)N1CCc2cc(-c3ccccc3)oc2C1. The van der Waals surface area contributed by atoms with E-state index in [2.05, 4.69) is 6.07 Å². The molecule has 2 N–H and O–H groups in total. The summed E-state index contributed by atoms with van der Waals surface area (Å²) in [6.45, 7) is 3.15. The van der Waals surface area contributed by atoms with E-state index in [0.29, 0.717) is 13.0 Å². The normalized spacial score (nSPS) is 15.6. The van der Waals surface area contributed by atoms with Gasteiger partial charge in [0.1, 0.15) is 11.5 Å². The maximum Gasteiger partial charge on any atom is 0.224 e. The number of rotatable bonds is 3. The van der Waals surface area contributed by atoms with Crippen molar-refractivity contribution in [2.45, 2.75) is 32.4 Å². The number of hydrogen-bond acceptors (Lipinski definition) is 3. The molecule has 1 unspecified atom stereocenters. The van der Waals surface area contributed by atoms with Crippen molar-refractivity contribution in [3.05, 3.63) is 47.7 Å². The third-order valence-corrected chi connectivity index (χ3v) is 3.79. The monoisotopic (exact) mass is 284 g/mol. The number of hydrogen-bond donors (Lipinski definition) is 1. The Balaban J connectivity index is 1.78. The van der Waals surface area contributed by atoms with Crippen LogP contribution in [0.3, 0.4) is 0 Å². The van der Waals surface area contributed by atoms with E-state index in [4.69, 9.17) is 10.2 Å². The smallest absolute Gasteiger partial charge is 0.224 e. The van der Waals surface area contributed by atoms with Crippen molar-refractivity contribution < 1.29 is 9.21 Å². The van der Waals surface area contributed by atoms with Gasteiger partial charge < -0.3 is 15.1 Å². The topological polar surface area (TPSA) is 59.5 Å². The minimum absolute atomic E-state index is 0.102. The molecule has 4 nitrogen and oxygen atoms in total. The molecule has 0 aliphatic carbocycles. The molecule has 0 spiro atoms. The second-order valence-corrected chi connectivity index (χ2v) is 5.67. The van der Waals surface area contributed by atoms with Gasteiger partial charge in [-0.25, -0.2) is 0 Å². The Kier molecular flexibility index (Phi) is 3.80. The predicted molar refractivity (Wildman–Crippen MR) is 81.5 cm³/mol. The van der Waals surface area contributed by atoms with Gasteiger partial charge in [0.15, 0.2) is 0 Å². The highest BCUT2D eigenvalue weighted by Crippen LogP contribution is 2.29. The van der Waals surface area contributed by atoms with E-state index in [0.717, 1.165) is 30.0 Å². The van der Waals surface area contributed by atoms with Crippen LogP contribution >= 0.6 is 0 Å². The molecule has 1 atom stereocenters. The quantitative estimate of drug-likeness (QED) is 0.942. The van der Waals surface area contributed by atoms with Crippen LogP contribution in [0.5, 0.6) is 0 Å². The second-order valence-electron chi connectivity index (χ2n) is 5.67. The zero-order valence-electron chi connectivity index (χ0n) is 12.2. The Bertz CT molecular complexity index is 631. The lowest BCUT2D eigenvalue weighted by Crippen LogP contribution is -2.38. The van der Waals surface area contributed by atoms with Gasteiger partial charge in [-0.1, -0.05) is 30.3 Å². The van der Waals surface area contributed by atoms with Crippen molar-refractivity contribution in [2.75, 3.05) is 6.54 Å². The molecule has 0 bridgehead atoms. The summed E-state index contributed by atoms with van der Waals surface area (Å²) in [7, 11) is 0. The fraction of sp³-hybridized carbons (Fsp3) is 0.353. The van der Waals surface area contributed by atoms with Crippen molar-refractivity contribution in [2.24, 2.45) is 5.73 Å². The van der Waals surface area contributed by atoms with Gasteiger partial charge in [-0.2, -0.15) is 0 Å². The molecule has 21 heavy (non-hydrogen) atoms. The Morgan fingerprint density at radius 1 is 1.38 bits per heavy atom. The molecule has 110 valence electrons. The van der Waals surface area contributed by atoms with Crippen molar-refractivity contribution in [3.8, 4) is 11.3 Å². The molecule has 2 aromatic rings. The number of nitrogens with two attached hydrogens (primary N) is 1. The summed E-state index contributed by atoms with van der Waals surface area (Å²) in [5.74, 6) is 1.88. The van der Waals surface area contributed by atoms with Crippen LogP contribution in [0.25, 0.3) is 11.3 Å². The van der Waals surface area contributed by atoms with Crippen LogP contribution in [0.2, 0.25) is 0 Å². The number of amides is 1.